The number of hydrogen-bond donors (Lipinski definition) is 0. The predicted octanol–water partition coefficient (Wildman–Crippen LogP) is 4.40. The van der Waals surface area contributed by atoms with Gasteiger partial charge in [0.25, 0.3) is 5.69 Å². The van der Waals surface area contributed by atoms with Crippen LogP contribution in [0.1, 0.15) is 27.9 Å². The summed E-state index contributed by atoms with van der Waals surface area (Å²) in [7, 11) is 0. The second-order valence-corrected chi connectivity index (χ2v) is 6.00. The molecule has 0 bridgehead atoms. The third-order valence-electron chi connectivity index (χ3n) is 4.38. The molecule has 26 heavy (non-hydrogen) atoms. The molecule has 0 atom stereocenters. The highest BCUT2D eigenvalue weighted by Crippen LogP contribution is 2.34. The number of benzene rings is 2. The van der Waals surface area contributed by atoms with Gasteiger partial charge in [-0.15, -0.1) is 0 Å². The first kappa shape index (κ1) is 15.9. The van der Waals surface area contributed by atoms with E-state index >= 15 is 0 Å². The molecule has 0 spiro atoms. The van der Waals surface area contributed by atoms with Crippen LogP contribution in [0, 0.1) is 10.1 Å². The summed E-state index contributed by atoms with van der Waals surface area (Å²) in [5.41, 5.74) is 6.44. The molecule has 0 unspecified atom stereocenters. The molecule has 126 valence electrons. The molecule has 0 fully saturated rings. The van der Waals surface area contributed by atoms with E-state index in [9.17, 15) is 10.1 Å². The summed E-state index contributed by atoms with van der Waals surface area (Å²) in [4.78, 5) is 19.3. The standard InChI is InChI=1S/C21H15N3O2/c25-24(26)17-9-7-15(8-10-17)13-22-14-20-18-5-2-1-4-16(18)12-21-19(20)6-3-11-23-21/h1-11,13-14H,12H2/b20-14+,22-13?. The number of aromatic nitrogens is 1. The second-order valence-electron chi connectivity index (χ2n) is 6.00. The minimum Gasteiger partial charge on any atom is -0.263 e. The molecule has 0 saturated carbocycles. The Morgan fingerprint density at radius 1 is 1.00 bits per heavy atom. The zero-order chi connectivity index (χ0) is 17.9. The van der Waals surface area contributed by atoms with Crippen molar-refractivity contribution < 1.29 is 4.92 Å². The van der Waals surface area contributed by atoms with Crippen molar-refractivity contribution in [1.82, 2.24) is 4.98 Å². The fraction of sp³-hybridized carbons (Fsp3) is 0.0476. The van der Waals surface area contributed by atoms with Crippen LogP contribution in [0.3, 0.4) is 0 Å². The third kappa shape index (κ3) is 3.02. The van der Waals surface area contributed by atoms with Crippen LogP contribution in [0.2, 0.25) is 0 Å². The lowest BCUT2D eigenvalue weighted by atomic mass is 9.85. The van der Waals surface area contributed by atoms with E-state index in [4.69, 9.17) is 0 Å². The smallest absolute Gasteiger partial charge is 0.263 e. The van der Waals surface area contributed by atoms with Gasteiger partial charge in [-0.25, -0.2) is 0 Å². The Kier molecular flexibility index (Phi) is 4.11. The summed E-state index contributed by atoms with van der Waals surface area (Å²) in [6, 6.07) is 18.6. The molecule has 0 saturated heterocycles. The number of fused-ring (bicyclic) bond motifs is 2. The third-order valence-corrected chi connectivity index (χ3v) is 4.38. The molecule has 3 aromatic rings. The summed E-state index contributed by atoms with van der Waals surface area (Å²) in [5.74, 6) is 0. The maximum Gasteiger partial charge on any atom is 0.269 e. The van der Waals surface area contributed by atoms with Gasteiger partial charge < -0.3 is 0 Å². The van der Waals surface area contributed by atoms with Gasteiger partial charge in [0, 0.05) is 48.3 Å². The van der Waals surface area contributed by atoms with Crippen LogP contribution in [0.15, 0.2) is 78.1 Å². The number of aliphatic imine (C=N–C) groups is 1. The van der Waals surface area contributed by atoms with Gasteiger partial charge in [0.05, 0.1) is 10.6 Å². The molecule has 0 N–H and O–H groups in total. The first-order chi connectivity index (χ1) is 12.7. The van der Waals surface area contributed by atoms with Gasteiger partial charge in [-0.2, -0.15) is 0 Å². The van der Waals surface area contributed by atoms with Gasteiger partial charge >= 0.3 is 0 Å². The van der Waals surface area contributed by atoms with E-state index in [1.165, 1.54) is 17.7 Å². The van der Waals surface area contributed by atoms with Gasteiger partial charge in [-0.1, -0.05) is 30.3 Å². The fourth-order valence-corrected chi connectivity index (χ4v) is 3.11. The Morgan fingerprint density at radius 2 is 1.77 bits per heavy atom. The maximum atomic E-state index is 10.7. The molecule has 1 aliphatic rings. The number of pyridine rings is 1. The van der Waals surface area contributed by atoms with Crippen molar-refractivity contribution in [1.29, 1.82) is 0 Å². The van der Waals surface area contributed by atoms with E-state index in [0.717, 1.165) is 34.4 Å². The molecular formula is C21H15N3O2. The quantitative estimate of drug-likeness (QED) is 0.315. The van der Waals surface area contributed by atoms with E-state index < -0.39 is 4.92 Å². The van der Waals surface area contributed by atoms with Crippen molar-refractivity contribution in [2.75, 3.05) is 0 Å². The highest BCUT2D eigenvalue weighted by molar-refractivity contribution is 5.87. The molecule has 1 aromatic heterocycles. The predicted molar refractivity (Wildman–Crippen MR) is 101 cm³/mol. The second kappa shape index (κ2) is 6.72. The summed E-state index contributed by atoms with van der Waals surface area (Å²) in [6.45, 7) is 0. The van der Waals surface area contributed by atoms with Crippen LogP contribution in [0.25, 0.3) is 5.57 Å². The number of nitro benzene ring substituents is 1. The fourth-order valence-electron chi connectivity index (χ4n) is 3.11. The Morgan fingerprint density at radius 3 is 2.58 bits per heavy atom. The zero-order valence-corrected chi connectivity index (χ0v) is 13.9. The molecule has 0 radical (unpaired) electrons. The van der Waals surface area contributed by atoms with Crippen LogP contribution in [0.5, 0.6) is 0 Å². The molecule has 2 aromatic carbocycles. The molecular weight excluding hydrogens is 326 g/mol. The molecule has 5 nitrogen and oxygen atoms in total. The van der Waals surface area contributed by atoms with Crippen molar-refractivity contribution in [3.05, 3.63) is 111 Å². The van der Waals surface area contributed by atoms with E-state index in [1.807, 2.05) is 30.6 Å². The van der Waals surface area contributed by atoms with Crippen LogP contribution in [-0.2, 0) is 6.42 Å². The molecule has 5 heteroatoms. The Balaban J connectivity index is 1.69. The van der Waals surface area contributed by atoms with Crippen molar-refractivity contribution in [3.63, 3.8) is 0 Å². The Labute approximate surface area is 150 Å². The van der Waals surface area contributed by atoms with Crippen LogP contribution in [-0.4, -0.2) is 16.1 Å². The maximum absolute atomic E-state index is 10.7. The number of nitrogens with zero attached hydrogens (tertiary/aromatic N) is 3. The average molecular weight is 341 g/mol. The van der Waals surface area contributed by atoms with E-state index in [0.29, 0.717) is 0 Å². The normalized spacial score (nSPS) is 14.2. The van der Waals surface area contributed by atoms with Crippen molar-refractivity contribution in [3.8, 4) is 0 Å². The van der Waals surface area contributed by atoms with Crippen molar-refractivity contribution >= 4 is 17.5 Å². The number of hydrogen-bond acceptors (Lipinski definition) is 4. The monoisotopic (exact) mass is 341 g/mol. The lowest BCUT2D eigenvalue weighted by Crippen LogP contribution is -2.08. The van der Waals surface area contributed by atoms with Crippen molar-refractivity contribution in [2.45, 2.75) is 6.42 Å². The molecule has 1 heterocycles. The largest absolute Gasteiger partial charge is 0.269 e. The van der Waals surface area contributed by atoms with Crippen LogP contribution >= 0.6 is 0 Å². The van der Waals surface area contributed by atoms with E-state index in [-0.39, 0.29) is 5.69 Å². The van der Waals surface area contributed by atoms with E-state index in [1.54, 1.807) is 18.3 Å². The van der Waals surface area contributed by atoms with Crippen molar-refractivity contribution in [2.24, 2.45) is 4.99 Å². The first-order valence-electron chi connectivity index (χ1n) is 8.23. The van der Waals surface area contributed by atoms with Crippen LogP contribution < -0.4 is 0 Å². The number of nitro groups is 1. The SMILES string of the molecule is O=[N+]([O-])c1ccc(C=N/C=C2\c3ccccc3Cc3ncccc32)cc1. The van der Waals surface area contributed by atoms with Crippen LogP contribution in [0.4, 0.5) is 5.69 Å². The summed E-state index contributed by atoms with van der Waals surface area (Å²) in [5, 5.41) is 10.7. The zero-order valence-electron chi connectivity index (χ0n) is 13.9. The van der Waals surface area contributed by atoms with Gasteiger partial charge in [-0.3, -0.25) is 20.1 Å². The summed E-state index contributed by atoms with van der Waals surface area (Å²) in [6.07, 6.45) is 6.16. The van der Waals surface area contributed by atoms with Gasteiger partial charge in [0.15, 0.2) is 0 Å². The molecule has 0 amide bonds. The van der Waals surface area contributed by atoms with Gasteiger partial charge in [0.2, 0.25) is 0 Å². The molecule has 0 aliphatic heterocycles. The summed E-state index contributed by atoms with van der Waals surface area (Å²) < 4.78 is 0. The highest BCUT2D eigenvalue weighted by atomic mass is 16.6. The Bertz CT molecular complexity index is 990. The first-order valence-corrected chi connectivity index (χ1v) is 8.23. The molecule has 4 rings (SSSR count). The lowest BCUT2D eigenvalue weighted by Gasteiger charge is -2.20. The number of rotatable bonds is 3. The van der Waals surface area contributed by atoms with E-state index in [2.05, 4.69) is 28.2 Å². The highest BCUT2D eigenvalue weighted by Gasteiger charge is 2.20. The molecule has 1 aliphatic carbocycles. The minimum absolute atomic E-state index is 0.0710. The summed E-state index contributed by atoms with van der Waals surface area (Å²) >= 11 is 0. The lowest BCUT2D eigenvalue weighted by molar-refractivity contribution is -0.384. The minimum atomic E-state index is -0.411. The topological polar surface area (TPSA) is 68.4 Å². The number of non-ortho nitro benzene ring substituents is 1. The average Bonchev–Trinajstić information content (AvgIpc) is 2.68. The Hall–Kier alpha value is -3.60. The van der Waals surface area contributed by atoms with Gasteiger partial charge in [0.1, 0.15) is 0 Å². The van der Waals surface area contributed by atoms with Gasteiger partial charge in [-0.05, 0) is 34.9 Å².